The standard InChI is InChI=1S/C20H17N3O3/c24-15-8-6-14(7-9-15)20(10-11-20)23-19(26)16-12-17(25)22-18(21-16)13-4-2-1-3-5-13/h1-9,12,24H,10-11H2,(H,23,26)(H,21,22,25). The van der Waals surface area contributed by atoms with Gasteiger partial charge in [-0.2, -0.15) is 0 Å². The van der Waals surface area contributed by atoms with Gasteiger partial charge < -0.3 is 15.4 Å². The van der Waals surface area contributed by atoms with E-state index in [0.717, 1.165) is 24.0 Å². The predicted octanol–water partition coefficient (Wildman–Crippen LogP) is 2.56. The summed E-state index contributed by atoms with van der Waals surface area (Å²) in [5.41, 5.74) is 0.911. The summed E-state index contributed by atoms with van der Waals surface area (Å²) in [5.74, 6) is 0.149. The van der Waals surface area contributed by atoms with E-state index < -0.39 is 5.54 Å². The number of aromatic nitrogens is 2. The molecule has 26 heavy (non-hydrogen) atoms. The van der Waals surface area contributed by atoms with Crippen LogP contribution in [0.15, 0.2) is 65.5 Å². The third-order valence-corrected chi connectivity index (χ3v) is 4.54. The number of hydrogen-bond acceptors (Lipinski definition) is 4. The van der Waals surface area contributed by atoms with Crippen molar-refractivity contribution >= 4 is 5.91 Å². The molecule has 1 fully saturated rings. The second kappa shape index (κ2) is 6.15. The van der Waals surface area contributed by atoms with Crippen molar-refractivity contribution in [3.63, 3.8) is 0 Å². The molecular formula is C20H17N3O3. The largest absolute Gasteiger partial charge is 0.508 e. The van der Waals surface area contributed by atoms with Gasteiger partial charge in [-0.3, -0.25) is 9.59 Å². The molecule has 4 rings (SSSR count). The number of benzene rings is 2. The maximum absolute atomic E-state index is 12.7. The molecule has 0 radical (unpaired) electrons. The van der Waals surface area contributed by atoms with Crippen molar-refractivity contribution in [3.05, 3.63) is 82.3 Å². The first-order chi connectivity index (χ1) is 12.6. The Labute approximate surface area is 149 Å². The molecule has 0 aliphatic heterocycles. The average Bonchev–Trinajstić information content (AvgIpc) is 3.43. The van der Waals surface area contributed by atoms with Gasteiger partial charge in [-0.15, -0.1) is 0 Å². The highest BCUT2D eigenvalue weighted by Crippen LogP contribution is 2.45. The van der Waals surface area contributed by atoms with E-state index in [1.807, 2.05) is 30.3 Å². The Hall–Kier alpha value is -3.41. The highest BCUT2D eigenvalue weighted by atomic mass is 16.3. The summed E-state index contributed by atoms with van der Waals surface area (Å²) in [5, 5.41) is 12.4. The number of aromatic hydroxyl groups is 1. The first-order valence-electron chi connectivity index (χ1n) is 8.35. The van der Waals surface area contributed by atoms with Crippen LogP contribution in [0.2, 0.25) is 0 Å². The Bertz CT molecular complexity index is 1010. The number of phenolic OH excluding ortho intramolecular Hbond substituents is 1. The summed E-state index contributed by atoms with van der Waals surface area (Å²) < 4.78 is 0. The van der Waals surface area contributed by atoms with Gasteiger partial charge >= 0.3 is 0 Å². The van der Waals surface area contributed by atoms with Crippen molar-refractivity contribution in [1.82, 2.24) is 15.3 Å². The normalized spacial score (nSPS) is 14.6. The molecule has 0 atom stereocenters. The molecule has 0 bridgehead atoms. The number of H-pyrrole nitrogens is 1. The lowest BCUT2D eigenvalue weighted by atomic mass is 10.0. The zero-order valence-corrected chi connectivity index (χ0v) is 13.9. The molecule has 3 N–H and O–H groups in total. The molecule has 130 valence electrons. The lowest BCUT2D eigenvalue weighted by Crippen LogP contribution is -2.36. The molecule has 0 saturated heterocycles. The summed E-state index contributed by atoms with van der Waals surface area (Å²) >= 11 is 0. The molecule has 1 aromatic heterocycles. The molecule has 0 unspecified atom stereocenters. The lowest BCUT2D eigenvalue weighted by molar-refractivity contribution is 0.0925. The number of phenols is 1. The Balaban J connectivity index is 1.62. The van der Waals surface area contributed by atoms with Crippen LogP contribution in [0.4, 0.5) is 0 Å². The number of hydrogen-bond donors (Lipinski definition) is 3. The Morgan fingerprint density at radius 1 is 1.08 bits per heavy atom. The summed E-state index contributed by atoms with van der Waals surface area (Å²) in [4.78, 5) is 31.7. The maximum atomic E-state index is 12.7. The Kier molecular flexibility index (Phi) is 3.80. The van der Waals surface area contributed by atoms with Crippen molar-refractivity contribution in [2.45, 2.75) is 18.4 Å². The van der Waals surface area contributed by atoms with E-state index in [2.05, 4.69) is 15.3 Å². The molecule has 2 aromatic carbocycles. The summed E-state index contributed by atoms with van der Waals surface area (Å²) in [6.07, 6.45) is 1.61. The van der Waals surface area contributed by atoms with E-state index in [1.54, 1.807) is 24.3 Å². The number of amides is 1. The van der Waals surface area contributed by atoms with E-state index in [0.29, 0.717) is 5.82 Å². The van der Waals surface area contributed by atoms with Gasteiger partial charge in [0, 0.05) is 11.6 Å². The van der Waals surface area contributed by atoms with Gasteiger partial charge in [0.15, 0.2) is 0 Å². The first kappa shape index (κ1) is 16.1. The number of aromatic amines is 1. The van der Waals surface area contributed by atoms with Gasteiger partial charge in [-0.1, -0.05) is 42.5 Å². The van der Waals surface area contributed by atoms with E-state index in [1.165, 1.54) is 6.07 Å². The molecule has 0 spiro atoms. The van der Waals surface area contributed by atoms with Crippen LogP contribution >= 0.6 is 0 Å². The number of carbonyl (C=O) groups is 1. The topological polar surface area (TPSA) is 95.1 Å². The third-order valence-electron chi connectivity index (χ3n) is 4.54. The fourth-order valence-electron chi connectivity index (χ4n) is 2.98. The van der Waals surface area contributed by atoms with Gasteiger partial charge in [0.1, 0.15) is 17.3 Å². The molecule has 1 heterocycles. The molecule has 1 amide bonds. The van der Waals surface area contributed by atoms with Crippen molar-refractivity contribution in [3.8, 4) is 17.1 Å². The molecule has 1 saturated carbocycles. The van der Waals surface area contributed by atoms with E-state index in [4.69, 9.17) is 0 Å². The van der Waals surface area contributed by atoms with Gasteiger partial charge in [0.05, 0.1) is 5.54 Å². The summed E-state index contributed by atoms with van der Waals surface area (Å²) in [6.45, 7) is 0. The minimum absolute atomic E-state index is 0.0812. The molecule has 6 heteroatoms. The molecule has 6 nitrogen and oxygen atoms in total. The van der Waals surface area contributed by atoms with Crippen LogP contribution in [0.3, 0.4) is 0 Å². The van der Waals surface area contributed by atoms with Gasteiger partial charge in [-0.05, 0) is 30.5 Å². The second-order valence-electron chi connectivity index (χ2n) is 6.43. The summed E-state index contributed by atoms with van der Waals surface area (Å²) in [7, 11) is 0. The van der Waals surface area contributed by atoms with Crippen LogP contribution in [0.5, 0.6) is 5.75 Å². The maximum Gasteiger partial charge on any atom is 0.270 e. The molecule has 3 aromatic rings. The smallest absolute Gasteiger partial charge is 0.270 e. The van der Waals surface area contributed by atoms with Crippen LogP contribution in [-0.4, -0.2) is 21.0 Å². The van der Waals surface area contributed by atoms with Crippen LogP contribution in [0, 0.1) is 0 Å². The lowest BCUT2D eigenvalue weighted by Gasteiger charge is -2.18. The SMILES string of the molecule is O=C(NC1(c2ccc(O)cc2)CC1)c1cc(=O)[nH]c(-c2ccccc2)n1. The number of nitrogens with one attached hydrogen (secondary N) is 2. The van der Waals surface area contributed by atoms with Crippen LogP contribution in [0.25, 0.3) is 11.4 Å². The van der Waals surface area contributed by atoms with Crippen LogP contribution in [-0.2, 0) is 5.54 Å². The quantitative estimate of drug-likeness (QED) is 0.676. The zero-order valence-electron chi connectivity index (χ0n) is 13.9. The van der Waals surface area contributed by atoms with Gasteiger partial charge in [0.25, 0.3) is 11.5 Å². The van der Waals surface area contributed by atoms with Crippen molar-refractivity contribution in [2.24, 2.45) is 0 Å². The van der Waals surface area contributed by atoms with Crippen LogP contribution < -0.4 is 10.9 Å². The predicted molar refractivity (Wildman–Crippen MR) is 96.8 cm³/mol. The highest BCUT2D eigenvalue weighted by molar-refractivity contribution is 5.93. The second-order valence-corrected chi connectivity index (χ2v) is 6.43. The van der Waals surface area contributed by atoms with Gasteiger partial charge in [-0.25, -0.2) is 4.98 Å². The molecular weight excluding hydrogens is 330 g/mol. The Morgan fingerprint density at radius 2 is 1.77 bits per heavy atom. The van der Waals surface area contributed by atoms with Crippen molar-refractivity contribution in [2.75, 3.05) is 0 Å². The summed E-state index contributed by atoms with van der Waals surface area (Å²) in [6, 6.07) is 17.2. The zero-order chi connectivity index (χ0) is 18.1. The third kappa shape index (κ3) is 3.09. The molecule has 1 aliphatic rings. The monoisotopic (exact) mass is 347 g/mol. The molecule has 1 aliphatic carbocycles. The first-order valence-corrected chi connectivity index (χ1v) is 8.35. The highest BCUT2D eigenvalue weighted by Gasteiger charge is 2.46. The van der Waals surface area contributed by atoms with E-state index >= 15 is 0 Å². The van der Waals surface area contributed by atoms with Gasteiger partial charge in [0.2, 0.25) is 0 Å². The number of nitrogens with zero attached hydrogens (tertiary/aromatic N) is 1. The minimum Gasteiger partial charge on any atom is -0.508 e. The van der Waals surface area contributed by atoms with E-state index in [9.17, 15) is 14.7 Å². The van der Waals surface area contributed by atoms with Crippen LogP contribution in [0.1, 0.15) is 28.9 Å². The Morgan fingerprint density at radius 3 is 2.42 bits per heavy atom. The fourth-order valence-corrected chi connectivity index (χ4v) is 2.98. The number of rotatable bonds is 4. The van der Waals surface area contributed by atoms with Crippen molar-refractivity contribution < 1.29 is 9.90 Å². The average molecular weight is 347 g/mol. The number of carbonyl (C=O) groups excluding carboxylic acids is 1. The van der Waals surface area contributed by atoms with E-state index in [-0.39, 0.29) is 22.9 Å². The fraction of sp³-hybridized carbons (Fsp3) is 0.150. The minimum atomic E-state index is -0.456. The van der Waals surface area contributed by atoms with Crippen molar-refractivity contribution in [1.29, 1.82) is 0 Å².